The highest BCUT2D eigenvalue weighted by molar-refractivity contribution is 5.80. The third-order valence-electron chi connectivity index (χ3n) is 3.79. The van der Waals surface area contributed by atoms with Gasteiger partial charge in [-0.2, -0.15) is 0 Å². The molecule has 0 aliphatic heterocycles. The zero-order valence-corrected chi connectivity index (χ0v) is 13.6. The molecule has 0 atom stereocenters. The van der Waals surface area contributed by atoms with Gasteiger partial charge in [-0.3, -0.25) is 4.79 Å². The minimum atomic E-state index is -0.00647. The van der Waals surface area contributed by atoms with Gasteiger partial charge in [0.15, 0.2) is 0 Å². The molecule has 0 radical (unpaired) electrons. The van der Waals surface area contributed by atoms with Crippen LogP contribution >= 0.6 is 0 Å². The quantitative estimate of drug-likeness (QED) is 0.868. The molecule has 0 saturated heterocycles. The summed E-state index contributed by atoms with van der Waals surface area (Å²) in [6, 6.07) is 17.7. The van der Waals surface area contributed by atoms with E-state index >= 15 is 0 Å². The van der Waals surface area contributed by atoms with Crippen molar-refractivity contribution < 1.29 is 9.53 Å². The predicted molar refractivity (Wildman–Crippen MR) is 95.5 cm³/mol. The number of carbonyl (C=O) groups is 1. The van der Waals surface area contributed by atoms with Crippen molar-refractivity contribution in [2.45, 2.75) is 25.9 Å². The summed E-state index contributed by atoms with van der Waals surface area (Å²) in [6.07, 6.45) is 8.45. The van der Waals surface area contributed by atoms with Crippen LogP contribution in [0.2, 0.25) is 0 Å². The lowest BCUT2D eigenvalue weighted by atomic mass is 10.1. The summed E-state index contributed by atoms with van der Waals surface area (Å²) < 4.78 is 5.81. The van der Waals surface area contributed by atoms with E-state index in [2.05, 4.69) is 17.5 Å². The van der Waals surface area contributed by atoms with Crippen LogP contribution in [0, 0.1) is 0 Å². The first-order valence-corrected chi connectivity index (χ1v) is 8.22. The molecule has 24 heavy (non-hydrogen) atoms. The Hall–Kier alpha value is -2.81. The number of ether oxygens (including phenoxy) is 1. The van der Waals surface area contributed by atoms with Crippen molar-refractivity contribution in [2.75, 3.05) is 0 Å². The van der Waals surface area contributed by atoms with Gasteiger partial charge in [0, 0.05) is 5.70 Å². The predicted octanol–water partition coefficient (Wildman–Crippen LogP) is 4.16. The summed E-state index contributed by atoms with van der Waals surface area (Å²) in [5.41, 5.74) is 2.96. The van der Waals surface area contributed by atoms with Crippen LogP contribution in [0.5, 0.6) is 5.75 Å². The Balaban J connectivity index is 1.55. The first-order valence-electron chi connectivity index (χ1n) is 8.22. The van der Waals surface area contributed by atoms with Gasteiger partial charge >= 0.3 is 0 Å². The molecule has 2 aromatic rings. The molecule has 1 amide bonds. The van der Waals surface area contributed by atoms with Crippen molar-refractivity contribution in [3.05, 3.63) is 89.6 Å². The Kier molecular flexibility index (Phi) is 5.46. The number of hydrogen-bond donors (Lipinski definition) is 1. The summed E-state index contributed by atoms with van der Waals surface area (Å²) in [4.78, 5) is 12.1. The van der Waals surface area contributed by atoms with Crippen molar-refractivity contribution in [3.8, 4) is 5.75 Å². The topological polar surface area (TPSA) is 38.3 Å². The Morgan fingerprint density at radius 2 is 1.83 bits per heavy atom. The normalized spacial score (nSPS) is 13.2. The van der Waals surface area contributed by atoms with Crippen LogP contribution < -0.4 is 10.1 Å². The zero-order valence-electron chi connectivity index (χ0n) is 13.6. The van der Waals surface area contributed by atoms with Crippen LogP contribution in [0.3, 0.4) is 0 Å². The second kappa shape index (κ2) is 8.16. The zero-order chi connectivity index (χ0) is 16.6. The Morgan fingerprint density at radius 3 is 2.62 bits per heavy atom. The molecule has 3 heteroatoms. The summed E-state index contributed by atoms with van der Waals surface area (Å²) >= 11 is 0. The molecule has 2 aromatic carbocycles. The molecule has 0 unspecified atom stereocenters. The van der Waals surface area contributed by atoms with Crippen LogP contribution in [0.25, 0.3) is 0 Å². The molecule has 1 N–H and O–H groups in total. The summed E-state index contributed by atoms with van der Waals surface area (Å²) in [5, 5.41) is 2.94. The molecule has 0 aromatic heterocycles. The number of benzene rings is 2. The number of hydrogen-bond acceptors (Lipinski definition) is 2. The first-order chi connectivity index (χ1) is 11.8. The first kappa shape index (κ1) is 16.1. The maximum Gasteiger partial charge on any atom is 0.228 e. The highest BCUT2D eigenvalue weighted by Gasteiger charge is 2.07. The van der Waals surface area contributed by atoms with E-state index in [0.29, 0.717) is 13.0 Å². The number of rotatable bonds is 6. The van der Waals surface area contributed by atoms with Crippen LogP contribution in [-0.2, 0) is 17.8 Å². The van der Waals surface area contributed by atoms with Gasteiger partial charge in [-0.1, -0.05) is 54.6 Å². The van der Waals surface area contributed by atoms with Crippen LogP contribution in [0.1, 0.15) is 24.0 Å². The average molecular weight is 319 g/mol. The fraction of sp³-hybridized carbons (Fsp3) is 0.190. The molecule has 0 heterocycles. The van der Waals surface area contributed by atoms with Crippen LogP contribution in [0.15, 0.2) is 78.5 Å². The molecule has 0 fully saturated rings. The molecule has 1 aliphatic rings. The summed E-state index contributed by atoms with van der Waals surface area (Å²) in [5.74, 6) is 0.772. The molecular formula is C21H21NO2. The molecule has 3 nitrogen and oxygen atoms in total. The largest absolute Gasteiger partial charge is 0.489 e. The van der Waals surface area contributed by atoms with Gasteiger partial charge in [-0.05, 0) is 42.2 Å². The number of nitrogens with one attached hydrogen (secondary N) is 1. The molecule has 0 bridgehead atoms. The van der Waals surface area contributed by atoms with Crippen molar-refractivity contribution in [3.63, 3.8) is 0 Å². The monoisotopic (exact) mass is 319 g/mol. The van der Waals surface area contributed by atoms with E-state index in [1.165, 1.54) is 0 Å². The van der Waals surface area contributed by atoms with Gasteiger partial charge in [-0.15, -0.1) is 0 Å². The summed E-state index contributed by atoms with van der Waals surface area (Å²) in [6.45, 7) is 0.522. The van der Waals surface area contributed by atoms with E-state index in [-0.39, 0.29) is 5.91 Å². The van der Waals surface area contributed by atoms with Gasteiger partial charge in [-0.25, -0.2) is 0 Å². The smallest absolute Gasteiger partial charge is 0.228 e. The van der Waals surface area contributed by atoms with E-state index in [1.54, 1.807) is 0 Å². The van der Waals surface area contributed by atoms with E-state index < -0.39 is 0 Å². The van der Waals surface area contributed by atoms with E-state index in [0.717, 1.165) is 35.4 Å². The molecule has 3 rings (SSSR count). The SMILES string of the molecule is O=C(Cc1cccc(OCc2ccccc2)c1)NC1=CCCC=C1. The van der Waals surface area contributed by atoms with Crippen molar-refractivity contribution in [1.29, 1.82) is 0 Å². The van der Waals surface area contributed by atoms with Gasteiger partial charge in [0.2, 0.25) is 5.91 Å². The highest BCUT2D eigenvalue weighted by Crippen LogP contribution is 2.16. The molecule has 0 saturated carbocycles. The fourth-order valence-corrected chi connectivity index (χ4v) is 2.58. The van der Waals surface area contributed by atoms with Crippen molar-refractivity contribution in [2.24, 2.45) is 0 Å². The van der Waals surface area contributed by atoms with Gasteiger partial charge in [0.05, 0.1) is 6.42 Å². The second-order valence-electron chi connectivity index (χ2n) is 5.79. The minimum Gasteiger partial charge on any atom is -0.489 e. The van der Waals surface area contributed by atoms with Crippen LogP contribution in [-0.4, -0.2) is 5.91 Å². The third-order valence-corrected chi connectivity index (χ3v) is 3.79. The molecular weight excluding hydrogens is 298 g/mol. The Morgan fingerprint density at radius 1 is 1.00 bits per heavy atom. The Bertz CT molecular complexity index is 747. The lowest BCUT2D eigenvalue weighted by Gasteiger charge is -2.10. The highest BCUT2D eigenvalue weighted by atomic mass is 16.5. The summed E-state index contributed by atoms with van der Waals surface area (Å²) in [7, 11) is 0. The van der Waals surface area contributed by atoms with E-state index in [1.807, 2.05) is 60.7 Å². The number of allylic oxidation sites excluding steroid dienone is 3. The number of amides is 1. The molecule has 1 aliphatic carbocycles. The standard InChI is InChI=1S/C21H21NO2/c23-21(22-19-11-5-2-6-12-19)15-18-10-7-13-20(14-18)24-16-17-8-3-1-4-9-17/h1,3-5,7-14H,2,6,15-16H2,(H,22,23). The van der Waals surface area contributed by atoms with E-state index in [4.69, 9.17) is 4.74 Å². The van der Waals surface area contributed by atoms with Crippen molar-refractivity contribution >= 4 is 5.91 Å². The lowest BCUT2D eigenvalue weighted by Crippen LogP contribution is -2.24. The fourth-order valence-electron chi connectivity index (χ4n) is 2.58. The van der Waals surface area contributed by atoms with E-state index in [9.17, 15) is 4.79 Å². The maximum atomic E-state index is 12.1. The minimum absolute atomic E-state index is 0.00647. The molecule has 0 spiro atoms. The lowest BCUT2D eigenvalue weighted by molar-refractivity contribution is -0.119. The second-order valence-corrected chi connectivity index (χ2v) is 5.79. The van der Waals surface area contributed by atoms with Gasteiger partial charge in [0.25, 0.3) is 0 Å². The Labute approximate surface area is 142 Å². The van der Waals surface area contributed by atoms with Crippen LogP contribution in [0.4, 0.5) is 0 Å². The van der Waals surface area contributed by atoms with Gasteiger partial charge < -0.3 is 10.1 Å². The number of carbonyl (C=O) groups excluding carboxylic acids is 1. The molecule has 122 valence electrons. The van der Waals surface area contributed by atoms with Crippen molar-refractivity contribution in [1.82, 2.24) is 5.32 Å². The third kappa shape index (κ3) is 4.85. The average Bonchev–Trinajstić information content (AvgIpc) is 2.62. The van der Waals surface area contributed by atoms with Gasteiger partial charge in [0.1, 0.15) is 12.4 Å². The maximum absolute atomic E-state index is 12.1.